The molecule has 1 aromatic rings. The molecule has 0 N–H and O–H groups in total. The van der Waals surface area contributed by atoms with Gasteiger partial charge in [-0.25, -0.2) is 0 Å². The first-order valence-corrected chi connectivity index (χ1v) is 8.83. The maximum absolute atomic E-state index is 12.6. The Morgan fingerprint density at radius 2 is 1.77 bits per heavy atom. The molecule has 0 heterocycles. The number of unbranched alkanes of at least 4 members (excludes halogenated alkanes) is 3. The minimum absolute atomic E-state index is 0.0389. The number of ether oxygens (including phenoxy) is 1. The van der Waals surface area contributed by atoms with Crippen LogP contribution in [0.15, 0.2) is 28.7 Å². The van der Waals surface area contributed by atoms with E-state index in [2.05, 4.69) is 22.9 Å². The van der Waals surface area contributed by atoms with E-state index in [0.29, 0.717) is 12.2 Å². The predicted molar refractivity (Wildman–Crippen MR) is 92.0 cm³/mol. The fourth-order valence-corrected chi connectivity index (χ4v) is 2.68. The summed E-state index contributed by atoms with van der Waals surface area (Å²) in [5.41, 5.74) is 0.660. The first-order chi connectivity index (χ1) is 10.6. The molecule has 0 saturated carbocycles. The number of carbonyl (C=O) groups excluding carboxylic acids is 2. The Hall–Kier alpha value is -1.16. The minimum atomic E-state index is -0.284. The molecule has 1 rings (SSSR count). The second-order valence-corrected chi connectivity index (χ2v) is 6.34. The van der Waals surface area contributed by atoms with Crippen LogP contribution in [0.1, 0.15) is 62.7 Å². The summed E-state index contributed by atoms with van der Waals surface area (Å²) in [6.45, 7) is 4.29. The lowest BCUT2D eigenvalue weighted by molar-refractivity contribution is -0.143. The van der Waals surface area contributed by atoms with Crippen molar-refractivity contribution in [2.75, 3.05) is 6.61 Å². The van der Waals surface area contributed by atoms with Crippen LogP contribution >= 0.6 is 15.9 Å². The number of ketones is 1. The first-order valence-electron chi connectivity index (χ1n) is 8.03. The summed E-state index contributed by atoms with van der Waals surface area (Å²) in [4.78, 5) is 24.4. The maximum Gasteiger partial charge on any atom is 0.306 e. The Bertz CT molecular complexity index is 468. The second kappa shape index (κ2) is 10.5. The molecule has 0 spiro atoms. The van der Waals surface area contributed by atoms with Crippen molar-refractivity contribution in [3.8, 4) is 0 Å². The van der Waals surface area contributed by atoms with E-state index < -0.39 is 0 Å². The summed E-state index contributed by atoms with van der Waals surface area (Å²) in [5, 5.41) is 0. The van der Waals surface area contributed by atoms with Gasteiger partial charge in [-0.3, -0.25) is 9.59 Å². The number of esters is 1. The van der Waals surface area contributed by atoms with Crippen LogP contribution in [0.25, 0.3) is 0 Å². The molecule has 4 heteroatoms. The van der Waals surface area contributed by atoms with Crippen LogP contribution in [-0.4, -0.2) is 18.4 Å². The summed E-state index contributed by atoms with van der Waals surface area (Å²) >= 11 is 3.37. The number of hydrogen-bond donors (Lipinski definition) is 0. The average molecular weight is 369 g/mol. The molecule has 0 aliphatic carbocycles. The third kappa shape index (κ3) is 6.73. The summed E-state index contributed by atoms with van der Waals surface area (Å²) in [6.07, 6.45) is 5.31. The van der Waals surface area contributed by atoms with Crippen molar-refractivity contribution in [2.45, 2.75) is 52.4 Å². The normalized spacial score (nSPS) is 12.0. The van der Waals surface area contributed by atoms with Crippen LogP contribution in [0.3, 0.4) is 0 Å². The highest BCUT2D eigenvalue weighted by atomic mass is 79.9. The van der Waals surface area contributed by atoms with Gasteiger partial charge in [0.15, 0.2) is 5.78 Å². The van der Waals surface area contributed by atoms with E-state index in [4.69, 9.17) is 4.74 Å². The van der Waals surface area contributed by atoms with Crippen molar-refractivity contribution in [3.63, 3.8) is 0 Å². The Balaban J connectivity index is 2.71. The van der Waals surface area contributed by atoms with Crippen molar-refractivity contribution in [3.05, 3.63) is 34.3 Å². The van der Waals surface area contributed by atoms with E-state index in [1.54, 1.807) is 19.1 Å². The molecular formula is C18H25BrO3. The molecular weight excluding hydrogens is 344 g/mol. The average Bonchev–Trinajstić information content (AvgIpc) is 2.50. The molecule has 22 heavy (non-hydrogen) atoms. The summed E-state index contributed by atoms with van der Waals surface area (Å²) < 4.78 is 5.95. The van der Waals surface area contributed by atoms with E-state index >= 15 is 0 Å². The molecule has 0 saturated heterocycles. The van der Waals surface area contributed by atoms with Crippen LogP contribution in [-0.2, 0) is 9.53 Å². The van der Waals surface area contributed by atoms with Crippen LogP contribution in [0.4, 0.5) is 0 Å². The van der Waals surface area contributed by atoms with E-state index in [0.717, 1.165) is 30.2 Å². The van der Waals surface area contributed by atoms with E-state index in [1.807, 2.05) is 12.1 Å². The fraction of sp³-hybridized carbons (Fsp3) is 0.556. The minimum Gasteiger partial charge on any atom is -0.466 e. The number of rotatable bonds is 10. The van der Waals surface area contributed by atoms with Crippen molar-refractivity contribution in [1.29, 1.82) is 0 Å². The van der Waals surface area contributed by atoms with Gasteiger partial charge in [-0.15, -0.1) is 0 Å². The maximum atomic E-state index is 12.6. The standard InChI is InChI=1S/C18H25BrO3/c1-3-5-6-7-8-15(13-17(20)22-4-2)18(21)14-9-11-16(19)12-10-14/h9-12,15H,3-8,13H2,1-2H3/t15-/m0/s1. The number of hydrogen-bond acceptors (Lipinski definition) is 3. The van der Waals surface area contributed by atoms with Gasteiger partial charge in [-0.1, -0.05) is 60.7 Å². The first kappa shape index (κ1) is 18.9. The summed E-state index contributed by atoms with van der Waals surface area (Å²) in [7, 11) is 0. The Morgan fingerprint density at radius 3 is 2.36 bits per heavy atom. The van der Waals surface area contributed by atoms with Crippen LogP contribution in [0.5, 0.6) is 0 Å². The quantitative estimate of drug-likeness (QED) is 0.325. The van der Waals surface area contributed by atoms with E-state index in [9.17, 15) is 9.59 Å². The number of Topliss-reactive ketones (excluding diaryl/α,β-unsaturated/α-hetero) is 1. The van der Waals surface area contributed by atoms with Gasteiger partial charge in [0.1, 0.15) is 0 Å². The third-order valence-corrected chi connectivity index (χ3v) is 4.15. The molecule has 0 amide bonds. The molecule has 3 nitrogen and oxygen atoms in total. The van der Waals surface area contributed by atoms with E-state index in [1.165, 1.54) is 6.42 Å². The van der Waals surface area contributed by atoms with Crippen molar-refractivity contribution in [2.24, 2.45) is 5.92 Å². The van der Waals surface area contributed by atoms with E-state index in [-0.39, 0.29) is 24.1 Å². The van der Waals surface area contributed by atoms with Gasteiger partial charge in [-0.2, -0.15) is 0 Å². The van der Waals surface area contributed by atoms with Crippen LogP contribution in [0.2, 0.25) is 0 Å². The SMILES string of the molecule is CCCCCC[C@@H](CC(=O)OCC)C(=O)c1ccc(Br)cc1. The van der Waals surface area contributed by atoms with Gasteiger partial charge < -0.3 is 4.74 Å². The van der Waals surface area contributed by atoms with Gasteiger partial charge in [0.05, 0.1) is 13.0 Å². The van der Waals surface area contributed by atoms with Crippen LogP contribution < -0.4 is 0 Å². The zero-order chi connectivity index (χ0) is 16.4. The smallest absolute Gasteiger partial charge is 0.306 e. The highest BCUT2D eigenvalue weighted by Gasteiger charge is 2.23. The highest BCUT2D eigenvalue weighted by molar-refractivity contribution is 9.10. The summed E-state index contributed by atoms with van der Waals surface area (Å²) in [6, 6.07) is 7.31. The number of carbonyl (C=O) groups is 2. The van der Waals surface area contributed by atoms with Crippen molar-refractivity contribution in [1.82, 2.24) is 0 Å². The van der Waals surface area contributed by atoms with Gasteiger partial charge in [0.2, 0.25) is 0 Å². The lowest BCUT2D eigenvalue weighted by atomic mass is 9.89. The summed E-state index contributed by atoms with van der Waals surface area (Å²) in [5.74, 6) is -0.525. The number of halogens is 1. The molecule has 0 fully saturated rings. The van der Waals surface area contributed by atoms with Crippen molar-refractivity contribution >= 4 is 27.7 Å². The lowest BCUT2D eigenvalue weighted by Gasteiger charge is -2.15. The van der Waals surface area contributed by atoms with Gasteiger partial charge >= 0.3 is 5.97 Å². The molecule has 122 valence electrons. The zero-order valence-electron chi connectivity index (χ0n) is 13.4. The van der Waals surface area contributed by atoms with Gasteiger partial charge in [-0.05, 0) is 25.5 Å². The molecule has 0 bridgehead atoms. The van der Waals surface area contributed by atoms with Gasteiger partial charge in [0.25, 0.3) is 0 Å². The number of benzene rings is 1. The third-order valence-electron chi connectivity index (χ3n) is 3.62. The fourth-order valence-electron chi connectivity index (χ4n) is 2.41. The second-order valence-electron chi connectivity index (χ2n) is 5.43. The largest absolute Gasteiger partial charge is 0.466 e. The topological polar surface area (TPSA) is 43.4 Å². The molecule has 0 aliphatic rings. The molecule has 0 aromatic heterocycles. The monoisotopic (exact) mass is 368 g/mol. The van der Waals surface area contributed by atoms with Crippen LogP contribution in [0, 0.1) is 5.92 Å². The Kier molecular flexibility index (Phi) is 9.05. The lowest BCUT2D eigenvalue weighted by Crippen LogP contribution is -2.20. The Labute approximate surface area is 141 Å². The molecule has 0 aliphatic heterocycles. The molecule has 0 radical (unpaired) electrons. The molecule has 1 atom stereocenters. The molecule has 0 unspecified atom stereocenters. The zero-order valence-corrected chi connectivity index (χ0v) is 15.0. The Morgan fingerprint density at radius 1 is 1.09 bits per heavy atom. The predicted octanol–water partition coefficient (Wildman–Crippen LogP) is 5.17. The highest BCUT2D eigenvalue weighted by Crippen LogP contribution is 2.22. The van der Waals surface area contributed by atoms with Gasteiger partial charge in [0, 0.05) is 16.0 Å². The molecule has 1 aromatic carbocycles. The van der Waals surface area contributed by atoms with Crippen molar-refractivity contribution < 1.29 is 14.3 Å².